The zero-order chi connectivity index (χ0) is 8.55. The molecule has 0 saturated carbocycles. The van der Waals surface area contributed by atoms with Crippen LogP contribution in [0.1, 0.15) is 5.56 Å². The highest BCUT2D eigenvalue weighted by Gasteiger charge is 2.07. The van der Waals surface area contributed by atoms with E-state index in [9.17, 15) is 0 Å². The first-order valence-corrected chi connectivity index (χ1v) is 3.93. The lowest BCUT2D eigenvalue weighted by molar-refractivity contribution is 0.454. The van der Waals surface area contributed by atoms with E-state index in [-0.39, 0.29) is 0 Å². The standard InChI is InChI=1S/C8H7ClN2O/c9-8-6-3-1-2-5(4-10)7(6)12-11-8/h1-3H,4,10H2. The maximum atomic E-state index is 5.76. The average molecular weight is 183 g/mol. The SMILES string of the molecule is NCc1cccc2c(Cl)noc12. The molecule has 1 aromatic carbocycles. The average Bonchev–Trinajstić information content (AvgIpc) is 2.48. The second-order valence-corrected chi connectivity index (χ2v) is 2.83. The maximum Gasteiger partial charge on any atom is 0.180 e. The quantitative estimate of drug-likeness (QED) is 0.734. The minimum atomic E-state index is 0.389. The third-order valence-electron chi connectivity index (χ3n) is 1.76. The molecule has 0 fully saturated rings. The van der Waals surface area contributed by atoms with E-state index < -0.39 is 0 Å². The van der Waals surface area contributed by atoms with Crippen molar-refractivity contribution in [2.24, 2.45) is 5.73 Å². The molecule has 0 unspecified atom stereocenters. The first kappa shape index (κ1) is 7.58. The van der Waals surface area contributed by atoms with E-state index in [1.54, 1.807) is 0 Å². The van der Waals surface area contributed by atoms with E-state index in [0.717, 1.165) is 10.9 Å². The van der Waals surface area contributed by atoms with Crippen molar-refractivity contribution in [2.45, 2.75) is 6.54 Å². The molecule has 2 aromatic rings. The van der Waals surface area contributed by atoms with E-state index in [1.807, 2.05) is 18.2 Å². The zero-order valence-electron chi connectivity index (χ0n) is 6.25. The molecule has 0 aliphatic heterocycles. The Morgan fingerprint density at radius 3 is 3.08 bits per heavy atom. The number of rotatable bonds is 1. The van der Waals surface area contributed by atoms with Gasteiger partial charge in [-0.05, 0) is 6.07 Å². The lowest BCUT2D eigenvalue weighted by Gasteiger charge is -1.94. The van der Waals surface area contributed by atoms with Crippen LogP contribution in [-0.4, -0.2) is 5.16 Å². The minimum Gasteiger partial charge on any atom is -0.354 e. The predicted octanol–water partition coefficient (Wildman–Crippen LogP) is 1.94. The highest BCUT2D eigenvalue weighted by atomic mass is 35.5. The number of nitrogens with two attached hydrogens (primary N) is 1. The van der Waals surface area contributed by atoms with Gasteiger partial charge in [0.15, 0.2) is 10.7 Å². The van der Waals surface area contributed by atoms with Crippen molar-refractivity contribution < 1.29 is 4.52 Å². The molecule has 0 aliphatic carbocycles. The zero-order valence-corrected chi connectivity index (χ0v) is 7.01. The predicted molar refractivity (Wildman–Crippen MR) is 46.9 cm³/mol. The number of aromatic nitrogens is 1. The topological polar surface area (TPSA) is 52.0 Å². The van der Waals surface area contributed by atoms with Crippen LogP contribution in [0.25, 0.3) is 11.0 Å². The molecular formula is C8H7ClN2O. The lowest BCUT2D eigenvalue weighted by atomic mass is 10.1. The number of para-hydroxylation sites is 1. The van der Waals surface area contributed by atoms with Crippen LogP contribution in [0.3, 0.4) is 0 Å². The van der Waals surface area contributed by atoms with E-state index >= 15 is 0 Å². The molecule has 62 valence electrons. The van der Waals surface area contributed by atoms with Crippen LogP contribution in [0.5, 0.6) is 0 Å². The van der Waals surface area contributed by atoms with Gasteiger partial charge in [0.2, 0.25) is 0 Å². The lowest BCUT2D eigenvalue weighted by Crippen LogP contribution is -1.95. The van der Waals surface area contributed by atoms with Gasteiger partial charge in [-0.25, -0.2) is 0 Å². The number of hydrogen-bond donors (Lipinski definition) is 1. The van der Waals surface area contributed by atoms with Crippen LogP contribution >= 0.6 is 11.6 Å². The van der Waals surface area contributed by atoms with Gasteiger partial charge in [-0.2, -0.15) is 0 Å². The van der Waals surface area contributed by atoms with Gasteiger partial charge in [-0.3, -0.25) is 0 Å². The number of nitrogens with zero attached hydrogens (tertiary/aromatic N) is 1. The maximum absolute atomic E-state index is 5.76. The Labute approximate surface area is 74.1 Å². The molecule has 2 rings (SSSR count). The summed E-state index contributed by atoms with van der Waals surface area (Å²) in [5, 5.41) is 4.85. The van der Waals surface area contributed by atoms with Crippen molar-refractivity contribution in [1.29, 1.82) is 0 Å². The monoisotopic (exact) mass is 182 g/mol. The summed E-state index contributed by atoms with van der Waals surface area (Å²) in [6, 6.07) is 5.63. The second-order valence-electron chi connectivity index (χ2n) is 2.47. The molecular weight excluding hydrogens is 176 g/mol. The van der Waals surface area contributed by atoms with Gasteiger partial charge in [0.05, 0.1) is 5.39 Å². The molecule has 2 N–H and O–H groups in total. The third kappa shape index (κ3) is 0.983. The number of fused-ring (bicyclic) bond motifs is 1. The van der Waals surface area contributed by atoms with Gasteiger partial charge < -0.3 is 10.3 Å². The molecule has 0 spiro atoms. The van der Waals surface area contributed by atoms with Crippen LogP contribution in [0.15, 0.2) is 22.7 Å². The molecule has 1 aromatic heterocycles. The Hall–Kier alpha value is -1.06. The van der Waals surface area contributed by atoms with Crippen molar-refractivity contribution in [3.8, 4) is 0 Å². The molecule has 0 radical (unpaired) electrons. The third-order valence-corrected chi connectivity index (χ3v) is 2.03. The Morgan fingerprint density at radius 1 is 1.50 bits per heavy atom. The summed E-state index contributed by atoms with van der Waals surface area (Å²) < 4.78 is 5.01. The summed E-state index contributed by atoms with van der Waals surface area (Å²) in [6.07, 6.45) is 0. The fourth-order valence-corrected chi connectivity index (χ4v) is 1.33. The van der Waals surface area contributed by atoms with Crippen LogP contribution in [-0.2, 0) is 6.54 Å². The van der Waals surface area contributed by atoms with E-state index in [0.29, 0.717) is 17.3 Å². The highest BCUT2D eigenvalue weighted by molar-refractivity contribution is 6.34. The van der Waals surface area contributed by atoms with Crippen molar-refractivity contribution in [3.63, 3.8) is 0 Å². The van der Waals surface area contributed by atoms with Gasteiger partial charge >= 0.3 is 0 Å². The summed E-state index contributed by atoms with van der Waals surface area (Å²) in [5.74, 6) is 0. The smallest absolute Gasteiger partial charge is 0.180 e. The van der Waals surface area contributed by atoms with Gasteiger partial charge in [-0.1, -0.05) is 28.9 Å². The number of hydrogen-bond acceptors (Lipinski definition) is 3. The molecule has 4 heteroatoms. The summed E-state index contributed by atoms with van der Waals surface area (Å²) in [5.41, 5.74) is 7.10. The normalized spacial score (nSPS) is 10.8. The Bertz CT molecular complexity index is 410. The molecule has 0 bridgehead atoms. The first-order valence-electron chi connectivity index (χ1n) is 3.56. The Kier molecular flexibility index (Phi) is 1.75. The van der Waals surface area contributed by atoms with E-state index in [2.05, 4.69) is 5.16 Å². The molecule has 12 heavy (non-hydrogen) atoms. The van der Waals surface area contributed by atoms with Gasteiger partial charge in [0.1, 0.15) is 0 Å². The van der Waals surface area contributed by atoms with Crippen LogP contribution in [0.2, 0.25) is 5.15 Å². The van der Waals surface area contributed by atoms with Crippen molar-refractivity contribution >= 4 is 22.6 Å². The summed E-state index contributed by atoms with van der Waals surface area (Å²) in [7, 11) is 0. The van der Waals surface area contributed by atoms with Crippen LogP contribution in [0, 0.1) is 0 Å². The summed E-state index contributed by atoms with van der Waals surface area (Å²) in [4.78, 5) is 0. The van der Waals surface area contributed by atoms with Crippen LogP contribution < -0.4 is 5.73 Å². The minimum absolute atomic E-state index is 0.389. The van der Waals surface area contributed by atoms with E-state index in [1.165, 1.54) is 0 Å². The molecule has 0 atom stereocenters. The Balaban J connectivity index is 2.81. The van der Waals surface area contributed by atoms with Gasteiger partial charge in [-0.15, -0.1) is 0 Å². The fraction of sp³-hybridized carbons (Fsp3) is 0.125. The fourth-order valence-electron chi connectivity index (χ4n) is 1.15. The summed E-state index contributed by atoms with van der Waals surface area (Å²) in [6.45, 7) is 0.433. The second kappa shape index (κ2) is 2.77. The molecule has 1 heterocycles. The largest absolute Gasteiger partial charge is 0.354 e. The van der Waals surface area contributed by atoms with Crippen LogP contribution in [0.4, 0.5) is 0 Å². The Morgan fingerprint density at radius 2 is 2.33 bits per heavy atom. The summed E-state index contributed by atoms with van der Waals surface area (Å²) >= 11 is 5.76. The first-order chi connectivity index (χ1) is 5.83. The van der Waals surface area contributed by atoms with Crippen molar-refractivity contribution in [2.75, 3.05) is 0 Å². The molecule has 3 nitrogen and oxygen atoms in total. The molecule has 0 amide bonds. The van der Waals surface area contributed by atoms with Gasteiger partial charge in [0.25, 0.3) is 0 Å². The highest BCUT2D eigenvalue weighted by Crippen LogP contribution is 2.24. The van der Waals surface area contributed by atoms with Gasteiger partial charge in [0, 0.05) is 12.1 Å². The van der Waals surface area contributed by atoms with Crippen molar-refractivity contribution in [3.05, 3.63) is 28.9 Å². The number of halogens is 1. The van der Waals surface area contributed by atoms with Crippen molar-refractivity contribution in [1.82, 2.24) is 5.16 Å². The van der Waals surface area contributed by atoms with E-state index in [4.69, 9.17) is 21.9 Å². The molecule has 0 saturated heterocycles. The number of benzene rings is 1. The molecule has 0 aliphatic rings.